The molecule has 5 aromatic rings. The Morgan fingerprint density at radius 1 is 1.22 bits per heavy atom. The number of anilines is 3. The second kappa shape index (κ2) is 8.12. The maximum Gasteiger partial charge on any atom is 0.270 e. The Morgan fingerprint density at radius 2 is 2.06 bits per heavy atom. The van der Waals surface area contributed by atoms with Gasteiger partial charge in [-0.05, 0) is 24.3 Å². The third kappa shape index (κ3) is 3.42. The smallest absolute Gasteiger partial charge is 0.270 e. The van der Waals surface area contributed by atoms with Crippen molar-refractivity contribution in [2.24, 2.45) is 0 Å². The summed E-state index contributed by atoms with van der Waals surface area (Å²) in [5.41, 5.74) is 12.4. The Kier molecular flexibility index (Phi) is 4.88. The van der Waals surface area contributed by atoms with Crippen molar-refractivity contribution in [1.29, 1.82) is 0 Å². The monoisotopic (exact) mass is 488 g/mol. The van der Waals surface area contributed by atoms with Crippen molar-refractivity contribution >= 4 is 39.4 Å². The number of halogens is 1. The molecule has 0 fully saturated rings. The van der Waals surface area contributed by atoms with Gasteiger partial charge in [0.15, 0.2) is 29.1 Å². The number of nitrogens with two attached hydrogens (primary N) is 2. The van der Waals surface area contributed by atoms with Crippen molar-refractivity contribution in [2.45, 2.75) is 6.10 Å². The third-order valence-corrected chi connectivity index (χ3v) is 6.05. The molecule has 0 radical (unpaired) electrons. The number of para-hydroxylation sites is 1. The lowest BCUT2D eigenvalue weighted by molar-refractivity contribution is 0.0959. The molecule has 0 amide bonds. The van der Waals surface area contributed by atoms with Crippen molar-refractivity contribution < 1.29 is 13.9 Å². The fourth-order valence-corrected chi connectivity index (χ4v) is 4.33. The first-order valence-corrected chi connectivity index (χ1v) is 11.1. The molecule has 4 heterocycles. The van der Waals surface area contributed by atoms with E-state index in [1.807, 2.05) is 0 Å². The summed E-state index contributed by atoms with van der Waals surface area (Å²) in [6, 6.07) is 11.2. The van der Waals surface area contributed by atoms with Crippen LogP contribution in [0.15, 0.2) is 53.5 Å². The summed E-state index contributed by atoms with van der Waals surface area (Å²) in [6.07, 6.45) is 1.25. The fraction of sp³-hybridized carbons (Fsp3) is 0.167. The minimum atomic E-state index is -0.581. The predicted octanol–water partition coefficient (Wildman–Crippen LogP) is 2.24. The number of aromatic nitrogens is 5. The zero-order chi connectivity index (χ0) is 25.0. The van der Waals surface area contributed by atoms with Gasteiger partial charge in [-0.25, -0.2) is 9.37 Å². The van der Waals surface area contributed by atoms with Crippen molar-refractivity contribution in [3.8, 4) is 17.2 Å². The molecule has 0 bridgehead atoms. The van der Waals surface area contributed by atoms with Crippen molar-refractivity contribution in [3.63, 3.8) is 0 Å². The van der Waals surface area contributed by atoms with Crippen LogP contribution in [0.4, 0.5) is 21.8 Å². The average Bonchev–Trinajstić information content (AvgIpc) is 3.27. The van der Waals surface area contributed by atoms with E-state index in [2.05, 4.69) is 20.2 Å². The van der Waals surface area contributed by atoms with Gasteiger partial charge in [-0.3, -0.25) is 14.5 Å². The first kappa shape index (κ1) is 21.6. The second-order valence-corrected chi connectivity index (χ2v) is 8.50. The molecule has 12 heteroatoms. The third-order valence-electron chi connectivity index (χ3n) is 6.05. The lowest BCUT2D eigenvalue weighted by atomic mass is 10.2. The van der Waals surface area contributed by atoms with E-state index >= 15 is 0 Å². The molecular formula is C24H21FN8O3. The number of hydrogen-bond donors (Lipinski definition) is 3. The maximum absolute atomic E-state index is 14.8. The standard InChI is InChI=1S/C24H21FN8O3/c1-32(10-13-11-35-18-8-12(26)6-7-17(18)36-13)24-28-9-14-20-19(21(27)31-30-20)23(34)33(22(14)29-24)16-5-3-2-4-15(16)25/h2-9,13H,10-11,26H2,1H3,(H3,27,30,31)/t13-/m0/s1. The summed E-state index contributed by atoms with van der Waals surface area (Å²) >= 11 is 0. The Morgan fingerprint density at radius 3 is 2.89 bits per heavy atom. The molecule has 0 saturated heterocycles. The van der Waals surface area contributed by atoms with E-state index in [-0.39, 0.29) is 28.6 Å². The molecule has 0 unspecified atom stereocenters. The van der Waals surface area contributed by atoms with E-state index in [0.29, 0.717) is 47.2 Å². The van der Waals surface area contributed by atoms with Gasteiger partial charge in [-0.15, -0.1) is 0 Å². The van der Waals surface area contributed by atoms with Gasteiger partial charge in [0, 0.05) is 25.0 Å². The molecule has 3 aromatic heterocycles. The van der Waals surface area contributed by atoms with Crippen LogP contribution in [0.25, 0.3) is 27.6 Å². The summed E-state index contributed by atoms with van der Waals surface area (Å²) in [7, 11) is 1.79. The van der Waals surface area contributed by atoms with Gasteiger partial charge >= 0.3 is 0 Å². The van der Waals surface area contributed by atoms with Gasteiger partial charge in [-0.2, -0.15) is 10.1 Å². The highest BCUT2D eigenvalue weighted by Gasteiger charge is 2.25. The van der Waals surface area contributed by atoms with Gasteiger partial charge in [0.25, 0.3) is 5.56 Å². The van der Waals surface area contributed by atoms with Crippen LogP contribution < -0.4 is 31.4 Å². The van der Waals surface area contributed by atoms with E-state index in [4.69, 9.17) is 20.9 Å². The second-order valence-electron chi connectivity index (χ2n) is 8.50. The highest BCUT2D eigenvalue weighted by molar-refractivity contribution is 6.05. The van der Waals surface area contributed by atoms with Crippen molar-refractivity contribution in [2.75, 3.05) is 36.6 Å². The number of benzene rings is 2. The Bertz CT molecular complexity index is 1700. The Hall–Kier alpha value is -4.87. The number of fused-ring (bicyclic) bond motifs is 4. The highest BCUT2D eigenvalue weighted by Crippen LogP contribution is 2.33. The van der Waals surface area contributed by atoms with Gasteiger partial charge in [0.2, 0.25) is 5.95 Å². The summed E-state index contributed by atoms with van der Waals surface area (Å²) in [6.45, 7) is 0.695. The Labute approximate surface area is 203 Å². The lowest BCUT2D eigenvalue weighted by Crippen LogP contribution is -2.40. The Balaban J connectivity index is 1.42. The minimum Gasteiger partial charge on any atom is -0.486 e. The topological polar surface area (TPSA) is 150 Å². The molecule has 1 aliphatic heterocycles. The summed E-state index contributed by atoms with van der Waals surface area (Å²) in [5.74, 6) is 0.932. The quantitative estimate of drug-likeness (QED) is 0.324. The summed E-state index contributed by atoms with van der Waals surface area (Å²) in [5, 5.41) is 7.35. The minimum absolute atomic E-state index is 0.0136. The van der Waals surface area contributed by atoms with Gasteiger partial charge < -0.3 is 25.8 Å². The molecule has 2 aromatic carbocycles. The molecule has 0 aliphatic carbocycles. The van der Waals surface area contributed by atoms with Crippen LogP contribution in [0.3, 0.4) is 0 Å². The zero-order valence-corrected chi connectivity index (χ0v) is 19.1. The molecule has 0 saturated carbocycles. The number of ether oxygens (including phenoxy) is 2. The number of likely N-dealkylation sites (N-methyl/N-ethyl adjacent to an activating group) is 1. The summed E-state index contributed by atoms with van der Waals surface area (Å²) < 4.78 is 27.9. The van der Waals surface area contributed by atoms with Crippen LogP contribution in [0, 0.1) is 5.82 Å². The largest absolute Gasteiger partial charge is 0.486 e. The van der Waals surface area contributed by atoms with Crippen LogP contribution in [-0.4, -0.2) is 51.0 Å². The van der Waals surface area contributed by atoms with E-state index in [1.54, 1.807) is 48.5 Å². The first-order chi connectivity index (χ1) is 17.4. The molecule has 1 aliphatic rings. The van der Waals surface area contributed by atoms with E-state index in [1.165, 1.54) is 16.7 Å². The SMILES string of the molecule is CN(C[C@H]1COc2cc(N)ccc2O1)c1ncc2c3[nH]nc(N)c3c(=O)n(-c3ccccc3F)c2n1. The number of nitrogen functional groups attached to an aromatic ring is 2. The number of pyridine rings is 1. The molecular weight excluding hydrogens is 467 g/mol. The molecule has 6 rings (SSSR count). The van der Waals surface area contributed by atoms with E-state index in [0.717, 1.165) is 0 Å². The average molecular weight is 488 g/mol. The molecule has 11 nitrogen and oxygen atoms in total. The molecule has 182 valence electrons. The zero-order valence-electron chi connectivity index (χ0n) is 19.1. The van der Waals surface area contributed by atoms with E-state index < -0.39 is 11.4 Å². The number of rotatable bonds is 4. The molecule has 1 atom stereocenters. The number of hydrogen-bond acceptors (Lipinski definition) is 9. The van der Waals surface area contributed by atoms with E-state index in [9.17, 15) is 9.18 Å². The van der Waals surface area contributed by atoms with Crippen molar-refractivity contribution in [3.05, 3.63) is 64.8 Å². The van der Waals surface area contributed by atoms with Gasteiger partial charge in [0.1, 0.15) is 17.8 Å². The molecule has 5 N–H and O–H groups in total. The van der Waals surface area contributed by atoms with Gasteiger partial charge in [-0.1, -0.05) is 12.1 Å². The molecule has 0 spiro atoms. The van der Waals surface area contributed by atoms with Crippen LogP contribution in [0.5, 0.6) is 11.5 Å². The maximum atomic E-state index is 14.8. The summed E-state index contributed by atoms with van der Waals surface area (Å²) in [4.78, 5) is 24.4. The first-order valence-electron chi connectivity index (χ1n) is 11.1. The van der Waals surface area contributed by atoms with Crippen LogP contribution in [0.2, 0.25) is 0 Å². The number of nitrogens with one attached hydrogen (secondary N) is 1. The predicted molar refractivity (Wildman–Crippen MR) is 133 cm³/mol. The van der Waals surface area contributed by atoms with Crippen LogP contribution in [-0.2, 0) is 0 Å². The highest BCUT2D eigenvalue weighted by atomic mass is 19.1. The van der Waals surface area contributed by atoms with Crippen LogP contribution in [0.1, 0.15) is 0 Å². The van der Waals surface area contributed by atoms with Gasteiger partial charge in [0.05, 0.1) is 23.1 Å². The fourth-order valence-electron chi connectivity index (χ4n) is 4.33. The number of aromatic amines is 1. The molecule has 36 heavy (non-hydrogen) atoms. The normalized spacial score (nSPS) is 14.9. The lowest BCUT2D eigenvalue weighted by Gasteiger charge is -2.29. The number of H-pyrrole nitrogens is 1. The van der Waals surface area contributed by atoms with Crippen LogP contribution >= 0.6 is 0 Å². The number of nitrogens with zero attached hydrogens (tertiary/aromatic N) is 5. The van der Waals surface area contributed by atoms with Crippen molar-refractivity contribution in [1.82, 2.24) is 24.7 Å².